The second kappa shape index (κ2) is 5.77. The molecule has 0 bridgehead atoms. The molecule has 0 radical (unpaired) electrons. The van der Waals surface area contributed by atoms with E-state index in [1.165, 1.54) is 7.11 Å². The van der Waals surface area contributed by atoms with Gasteiger partial charge in [-0.05, 0) is 19.1 Å². The minimum absolute atomic E-state index is 0.0328. The Bertz CT molecular complexity index is 658. The zero-order valence-corrected chi connectivity index (χ0v) is 14.1. The van der Waals surface area contributed by atoms with Gasteiger partial charge in [-0.15, -0.1) is 0 Å². The first-order valence-corrected chi connectivity index (χ1v) is 7.39. The van der Waals surface area contributed by atoms with Gasteiger partial charge >= 0.3 is 5.97 Å². The molecule has 23 heavy (non-hydrogen) atoms. The first kappa shape index (κ1) is 17.1. The highest BCUT2D eigenvalue weighted by atomic mass is 16.5. The smallest absolute Gasteiger partial charge is 0.354 e. The van der Waals surface area contributed by atoms with E-state index in [0.717, 1.165) is 10.6 Å². The first-order valence-electron chi connectivity index (χ1n) is 7.39. The number of ether oxygens (including phenoxy) is 1. The number of carbonyl (C=O) groups is 2. The van der Waals surface area contributed by atoms with Crippen molar-refractivity contribution < 1.29 is 19.4 Å². The van der Waals surface area contributed by atoms with Gasteiger partial charge in [0.1, 0.15) is 0 Å². The van der Waals surface area contributed by atoms with Crippen molar-refractivity contribution in [3.63, 3.8) is 0 Å². The van der Waals surface area contributed by atoms with E-state index < -0.39 is 23.0 Å². The Balaban J connectivity index is 2.45. The normalized spacial score (nSPS) is 21.1. The lowest BCUT2D eigenvalue weighted by Crippen LogP contribution is -2.55. The number of aliphatic hydroxyl groups is 1. The third-order valence-electron chi connectivity index (χ3n) is 4.10. The van der Waals surface area contributed by atoms with Crippen molar-refractivity contribution in [2.24, 2.45) is 10.5 Å². The fourth-order valence-corrected chi connectivity index (χ4v) is 2.39. The zero-order valence-electron chi connectivity index (χ0n) is 14.1. The van der Waals surface area contributed by atoms with Gasteiger partial charge in [0, 0.05) is 17.4 Å². The summed E-state index contributed by atoms with van der Waals surface area (Å²) >= 11 is 0. The minimum Gasteiger partial charge on any atom is -0.464 e. The molecule has 0 aromatic heterocycles. The van der Waals surface area contributed by atoms with Gasteiger partial charge in [-0.2, -0.15) is 10.1 Å². The van der Waals surface area contributed by atoms with E-state index in [-0.39, 0.29) is 12.1 Å². The van der Waals surface area contributed by atoms with E-state index in [0.29, 0.717) is 5.56 Å². The summed E-state index contributed by atoms with van der Waals surface area (Å²) in [5.74, 6) is -1.10. The number of nitrogens with zero attached hydrogens (tertiary/aromatic N) is 2. The summed E-state index contributed by atoms with van der Waals surface area (Å²) < 4.78 is 4.67. The summed E-state index contributed by atoms with van der Waals surface area (Å²) in [5, 5.41) is 16.1. The number of esters is 1. The fraction of sp³-hybridized carbons (Fsp3) is 0.471. The molecule has 1 aliphatic rings. The molecular formula is C17H22N2O4. The van der Waals surface area contributed by atoms with E-state index in [9.17, 15) is 14.7 Å². The second-order valence-corrected chi connectivity index (χ2v) is 6.76. The predicted octanol–water partition coefficient (Wildman–Crippen LogP) is 2.10. The summed E-state index contributed by atoms with van der Waals surface area (Å²) in [6.07, 6.45) is -0.0687. The molecular weight excluding hydrogens is 296 g/mol. The van der Waals surface area contributed by atoms with Crippen LogP contribution >= 0.6 is 0 Å². The highest BCUT2D eigenvalue weighted by Gasteiger charge is 2.54. The summed E-state index contributed by atoms with van der Waals surface area (Å²) in [5.41, 5.74) is -0.850. The van der Waals surface area contributed by atoms with Crippen LogP contribution in [0.4, 0.5) is 0 Å². The number of hydrogen-bond acceptors (Lipinski definition) is 5. The molecule has 1 unspecified atom stereocenters. The molecule has 2 rings (SSSR count). The molecule has 6 nitrogen and oxygen atoms in total. The van der Waals surface area contributed by atoms with Gasteiger partial charge in [0.05, 0.1) is 7.11 Å². The van der Waals surface area contributed by atoms with Crippen molar-refractivity contribution in [2.45, 2.75) is 39.8 Å². The molecule has 124 valence electrons. The van der Waals surface area contributed by atoms with Crippen molar-refractivity contribution >= 4 is 17.6 Å². The highest BCUT2D eigenvalue weighted by Crippen LogP contribution is 2.41. The number of benzene rings is 1. The Kier molecular flexibility index (Phi) is 4.30. The first-order chi connectivity index (χ1) is 10.6. The lowest BCUT2D eigenvalue weighted by Gasteiger charge is -2.41. The number of hydrazone groups is 1. The molecule has 1 heterocycles. The Labute approximate surface area is 135 Å². The van der Waals surface area contributed by atoms with Gasteiger partial charge < -0.3 is 9.84 Å². The second-order valence-electron chi connectivity index (χ2n) is 6.76. The maximum Gasteiger partial charge on any atom is 0.354 e. The molecule has 1 aromatic carbocycles. The van der Waals surface area contributed by atoms with E-state index in [4.69, 9.17) is 0 Å². The summed E-state index contributed by atoms with van der Waals surface area (Å²) in [4.78, 5) is 24.6. The average molecular weight is 318 g/mol. The van der Waals surface area contributed by atoms with E-state index in [1.54, 1.807) is 32.9 Å². The molecule has 1 atom stereocenters. The van der Waals surface area contributed by atoms with E-state index in [2.05, 4.69) is 9.84 Å². The van der Waals surface area contributed by atoms with Gasteiger partial charge in [0.2, 0.25) is 0 Å². The lowest BCUT2D eigenvalue weighted by atomic mass is 9.80. The van der Waals surface area contributed by atoms with Gasteiger partial charge in [-0.1, -0.05) is 38.5 Å². The molecule has 1 aromatic rings. The van der Waals surface area contributed by atoms with Crippen molar-refractivity contribution in [1.82, 2.24) is 5.01 Å². The molecule has 0 saturated carbocycles. The summed E-state index contributed by atoms with van der Waals surface area (Å²) in [6.45, 7) is 7.29. The lowest BCUT2D eigenvalue weighted by molar-refractivity contribution is -0.144. The topological polar surface area (TPSA) is 79.2 Å². The van der Waals surface area contributed by atoms with Crippen LogP contribution in [0, 0.1) is 12.3 Å². The Morgan fingerprint density at radius 1 is 1.26 bits per heavy atom. The molecule has 0 spiro atoms. The van der Waals surface area contributed by atoms with E-state index >= 15 is 0 Å². The molecule has 0 fully saturated rings. The maximum atomic E-state index is 12.8. The van der Waals surface area contributed by atoms with Gasteiger partial charge in [-0.25, -0.2) is 4.79 Å². The number of carbonyl (C=O) groups excluding carboxylic acids is 2. The number of amides is 1. The van der Waals surface area contributed by atoms with Crippen LogP contribution in [0.25, 0.3) is 0 Å². The van der Waals surface area contributed by atoms with Crippen LogP contribution in [0.5, 0.6) is 0 Å². The molecule has 1 aliphatic heterocycles. The van der Waals surface area contributed by atoms with Crippen molar-refractivity contribution in [1.29, 1.82) is 0 Å². The van der Waals surface area contributed by atoms with Crippen LogP contribution in [0.3, 0.4) is 0 Å². The largest absolute Gasteiger partial charge is 0.464 e. The van der Waals surface area contributed by atoms with Crippen LogP contribution in [-0.4, -0.2) is 40.5 Å². The predicted molar refractivity (Wildman–Crippen MR) is 85.8 cm³/mol. The third kappa shape index (κ3) is 2.99. The van der Waals surface area contributed by atoms with Gasteiger partial charge in [0.15, 0.2) is 11.4 Å². The monoisotopic (exact) mass is 318 g/mol. The summed E-state index contributed by atoms with van der Waals surface area (Å²) in [6, 6.07) is 6.97. The molecule has 6 heteroatoms. The molecule has 0 saturated heterocycles. The Hall–Kier alpha value is -2.21. The van der Waals surface area contributed by atoms with Crippen molar-refractivity contribution in [3.8, 4) is 0 Å². The van der Waals surface area contributed by atoms with Crippen LogP contribution in [0.2, 0.25) is 0 Å². The van der Waals surface area contributed by atoms with Crippen molar-refractivity contribution in [2.75, 3.05) is 7.11 Å². The molecule has 0 aliphatic carbocycles. The quantitative estimate of drug-likeness (QED) is 0.847. The SMILES string of the molecule is COC(=O)C1=NN(C(=O)c2ccc(C)cc2)C(O)(C(C)(C)C)C1. The summed E-state index contributed by atoms with van der Waals surface area (Å²) in [7, 11) is 1.24. The third-order valence-corrected chi connectivity index (χ3v) is 4.10. The number of hydrogen-bond donors (Lipinski definition) is 1. The number of methoxy groups -OCH3 is 1. The van der Waals surface area contributed by atoms with Crippen LogP contribution in [0.15, 0.2) is 29.4 Å². The zero-order chi connectivity index (χ0) is 17.4. The van der Waals surface area contributed by atoms with E-state index in [1.807, 2.05) is 19.1 Å². The minimum atomic E-state index is -1.60. The Morgan fingerprint density at radius 2 is 1.83 bits per heavy atom. The Morgan fingerprint density at radius 3 is 2.30 bits per heavy atom. The van der Waals surface area contributed by atoms with Crippen LogP contribution < -0.4 is 0 Å². The fourth-order valence-electron chi connectivity index (χ4n) is 2.39. The van der Waals surface area contributed by atoms with Gasteiger partial charge in [0.25, 0.3) is 5.91 Å². The van der Waals surface area contributed by atoms with Gasteiger partial charge in [-0.3, -0.25) is 4.79 Å². The standard InChI is InChI=1S/C17H22N2O4/c1-11-6-8-12(9-7-11)14(20)19-17(22,16(2,3)4)10-13(18-19)15(21)23-5/h6-9,22H,10H2,1-5H3. The van der Waals surface area contributed by atoms with Crippen LogP contribution in [0.1, 0.15) is 43.1 Å². The number of rotatable bonds is 2. The van der Waals surface area contributed by atoms with Crippen molar-refractivity contribution in [3.05, 3.63) is 35.4 Å². The molecule has 1 N–H and O–H groups in total. The maximum absolute atomic E-state index is 12.8. The number of aryl methyl sites for hydroxylation is 1. The van der Waals surface area contributed by atoms with Crippen LogP contribution in [-0.2, 0) is 9.53 Å². The average Bonchev–Trinajstić information content (AvgIpc) is 2.85. The highest BCUT2D eigenvalue weighted by molar-refractivity contribution is 6.37. The molecule has 1 amide bonds.